The fourth-order valence-electron chi connectivity index (χ4n) is 2.16. The van der Waals surface area contributed by atoms with E-state index in [0.717, 1.165) is 23.4 Å². The summed E-state index contributed by atoms with van der Waals surface area (Å²) in [6.07, 6.45) is -0.265. The molecule has 1 aliphatic carbocycles. The van der Waals surface area contributed by atoms with E-state index in [1.165, 1.54) is 23.6 Å². The summed E-state index contributed by atoms with van der Waals surface area (Å²) in [5.41, 5.74) is 1.39. The molecule has 0 saturated heterocycles. The van der Waals surface area contributed by atoms with E-state index in [-0.39, 0.29) is 0 Å². The quantitative estimate of drug-likeness (QED) is 0.936. The SMILES string of the molecule is Cc1ccc(C(F)(F)F)cc1-n1ccc(CNC2CC2)n1. The molecule has 1 heterocycles. The van der Waals surface area contributed by atoms with Gasteiger partial charge in [-0.05, 0) is 43.5 Å². The molecule has 3 nitrogen and oxygen atoms in total. The predicted octanol–water partition coefficient (Wildman–Crippen LogP) is 3.45. The minimum absolute atomic E-state index is 0.461. The van der Waals surface area contributed by atoms with Crippen LogP contribution in [0, 0.1) is 6.92 Å². The lowest BCUT2D eigenvalue weighted by Gasteiger charge is -2.11. The topological polar surface area (TPSA) is 29.9 Å². The molecule has 0 bridgehead atoms. The van der Waals surface area contributed by atoms with Crippen molar-refractivity contribution in [2.45, 2.75) is 38.5 Å². The second-order valence-corrected chi connectivity index (χ2v) is 5.41. The van der Waals surface area contributed by atoms with Crippen LogP contribution in [0.5, 0.6) is 0 Å². The molecule has 112 valence electrons. The van der Waals surface area contributed by atoms with Crippen LogP contribution in [0.3, 0.4) is 0 Å². The lowest BCUT2D eigenvalue weighted by atomic mass is 10.1. The van der Waals surface area contributed by atoms with Crippen LogP contribution >= 0.6 is 0 Å². The first-order chi connectivity index (χ1) is 9.93. The first kappa shape index (κ1) is 14.1. The van der Waals surface area contributed by atoms with Crippen molar-refractivity contribution in [1.29, 1.82) is 0 Å². The summed E-state index contributed by atoms with van der Waals surface area (Å²) < 4.78 is 39.9. The number of hydrogen-bond donors (Lipinski definition) is 1. The molecule has 1 fully saturated rings. The van der Waals surface area contributed by atoms with Crippen molar-refractivity contribution in [3.05, 3.63) is 47.3 Å². The van der Waals surface area contributed by atoms with Crippen molar-refractivity contribution in [1.82, 2.24) is 15.1 Å². The minimum atomic E-state index is -4.34. The second kappa shape index (κ2) is 5.18. The van der Waals surface area contributed by atoms with E-state index in [2.05, 4.69) is 10.4 Å². The standard InChI is InChI=1S/C15H16F3N3/c1-10-2-3-11(15(16,17)18)8-14(10)21-7-6-13(20-21)9-19-12-4-5-12/h2-3,6-8,12,19H,4-5,9H2,1H3. The van der Waals surface area contributed by atoms with Gasteiger partial charge in [-0.1, -0.05) is 6.07 Å². The van der Waals surface area contributed by atoms with Gasteiger partial charge in [-0.2, -0.15) is 18.3 Å². The summed E-state index contributed by atoms with van der Waals surface area (Å²) in [6.45, 7) is 2.43. The Balaban J connectivity index is 1.84. The maximum atomic E-state index is 12.8. The minimum Gasteiger partial charge on any atom is -0.308 e. The van der Waals surface area contributed by atoms with Crippen molar-refractivity contribution in [3.63, 3.8) is 0 Å². The highest BCUT2D eigenvalue weighted by Gasteiger charge is 2.31. The number of hydrogen-bond acceptors (Lipinski definition) is 2. The van der Waals surface area contributed by atoms with Gasteiger partial charge in [0.15, 0.2) is 0 Å². The third kappa shape index (κ3) is 3.26. The first-order valence-corrected chi connectivity index (χ1v) is 6.89. The number of nitrogens with zero attached hydrogens (tertiary/aromatic N) is 2. The molecule has 0 amide bonds. The molecule has 0 unspecified atom stereocenters. The molecule has 0 radical (unpaired) electrons. The molecule has 0 spiro atoms. The van der Waals surface area contributed by atoms with Gasteiger partial charge in [0.25, 0.3) is 0 Å². The van der Waals surface area contributed by atoms with Crippen molar-refractivity contribution < 1.29 is 13.2 Å². The van der Waals surface area contributed by atoms with Crippen LogP contribution < -0.4 is 5.32 Å². The maximum absolute atomic E-state index is 12.8. The molecule has 1 aliphatic rings. The molecular weight excluding hydrogens is 279 g/mol. The summed E-state index contributed by atoms with van der Waals surface area (Å²) in [4.78, 5) is 0. The molecule has 2 aromatic rings. The van der Waals surface area contributed by atoms with Crippen LogP contribution in [-0.4, -0.2) is 15.8 Å². The Morgan fingerprint density at radius 2 is 2.05 bits per heavy atom. The number of nitrogens with one attached hydrogen (secondary N) is 1. The Hall–Kier alpha value is -1.82. The van der Waals surface area contributed by atoms with Gasteiger partial charge in [0.05, 0.1) is 16.9 Å². The third-order valence-corrected chi connectivity index (χ3v) is 3.58. The van der Waals surface area contributed by atoms with Gasteiger partial charge in [0.1, 0.15) is 0 Å². The van der Waals surface area contributed by atoms with E-state index in [1.54, 1.807) is 13.1 Å². The normalized spacial score (nSPS) is 15.4. The predicted molar refractivity (Wildman–Crippen MR) is 73.2 cm³/mol. The highest BCUT2D eigenvalue weighted by molar-refractivity contribution is 5.43. The molecule has 1 aromatic carbocycles. The van der Waals surface area contributed by atoms with Crippen LogP contribution in [0.1, 0.15) is 29.7 Å². The van der Waals surface area contributed by atoms with Crippen molar-refractivity contribution >= 4 is 0 Å². The monoisotopic (exact) mass is 295 g/mol. The van der Waals surface area contributed by atoms with Crippen molar-refractivity contribution in [2.75, 3.05) is 0 Å². The Kier molecular flexibility index (Phi) is 3.49. The Bertz CT molecular complexity index is 642. The van der Waals surface area contributed by atoms with Gasteiger partial charge in [0, 0.05) is 18.8 Å². The average Bonchev–Trinajstić information content (AvgIpc) is 3.13. The molecule has 0 aliphatic heterocycles. The molecule has 1 saturated carbocycles. The second-order valence-electron chi connectivity index (χ2n) is 5.41. The van der Waals surface area contributed by atoms with Gasteiger partial charge in [-0.25, -0.2) is 4.68 Å². The lowest BCUT2D eigenvalue weighted by Crippen LogP contribution is -2.16. The highest BCUT2D eigenvalue weighted by Crippen LogP contribution is 2.31. The van der Waals surface area contributed by atoms with Crippen LogP contribution in [0.4, 0.5) is 13.2 Å². The zero-order valence-electron chi connectivity index (χ0n) is 11.6. The fourth-order valence-corrected chi connectivity index (χ4v) is 2.16. The van der Waals surface area contributed by atoms with E-state index in [9.17, 15) is 13.2 Å². The van der Waals surface area contributed by atoms with Crippen LogP contribution in [0.25, 0.3) is 5.69 Å². The van der Waals surface area contributed by atoms with E-state index in [0.29, 0.717) is 18.3 Å². The fraction of sp³-hybridized carbons (Fsp3) is 0.400. The smallest absolute Gasteiger partial charge is 0.308 e. The van der Waals surface area contributed by atoms with E-state index in [4.69, 9.17) is 0 Å². The largest absolute Gasteiger partial charge is 0.416 e. The van der Waals surface area contributed by atoms with Crippen molar-refractivity contribution in [2.24, 2.45) is 0 Å². The zero-order valence-corrected chi connectivity index (χ0v) is 11.6. The summed E-state index contributed by atoms with van der Waals surface area (Å²) >= 11 is 0. The van der Waals surface area contributed by atoms with Gasteiger partial charge < -0.3 is 5.32 Å². The van der Waals surface area contributed by atoms with E-state index >= 15 is 0 Å². The number of benzene rings is 1. The van der Waals surface area contributed by atoms with Crippen LogP contribution in [-0.2, 0) is 12.7 Å². The highest BCUT2D eigenvalue weighted by atomic mass is 19.4. The molecule has 6 heteroatoms. The van der Waals surface area contributed by atoms with Gasteiger partial charge in [-0.3, -0.25) is 0 Å². The molecule has 21 heavy (non-hydrogen) atoms. The third-order valence-electron chi connectivity index (χ3n) is 3.58. The average molecular weight is 295 g/mol. The number of aromatic nitrogens is 2. The summed E-state index contributed by atoms with van der Waals surface area (Å²) in [5.74, 6) is 0. The summed E-state index contributed by atoms with van der Waals surface area (Å²) in [7, 11) is 0. The first-order valence-electron chi connectivity index (χ1n) is 6.89. The molecule has 3 rings (SSSR count). The Morgan fingerprint density at radius 1 is 1.29 bits per heavy atom. The number of rotatable bonds is 4. The van der Waals surface area contributed by atoms with Gasteiger partial charge >= 0.3 is 6.18 Å². The Labute approximate surface area is 120 Å². The molecule has 1 N–H and O–H groups in total. The Morgan fingerprint density at radius 3 is 2.71 bits per heavy atom. The van der Waals surface area contributed by atoms with Crippen LogP contribution in [0.15, 0.2) is 30.5 Å². The number of halogens is 3. The molecular formula is C15H16F3N3. The van der Waals surface area contributed by atoms with Gasteiger partial charge in [-0.15, -0.1) is 0 Å². The maximum Gasteiger partial charge on any atom is 0.416 e. The number of alkyl halides is 3. The summed E-state index contributed by atoms with van der Waals surface area (Å²) in [5, 5.41) is 7.68. The molecule has 0 atom stereocenters. The summed E-state index contributed by atoms with van der Waals surface area (Å²) in [6, 6.07) is 6.11. The van der Waals surface area contributed by atoms with Crippen molar-refractivity contribution in [3.8, 4) is 5.69 Å². The number of aryl methyl sites for hydroxylation is 1. The van der Waals surface area contributed by atoms with E-state index < -0.39 is 11.7 Å². The lowest BCUT2D eigenvalue weighted by molar-refractivity contribution is -0.137. The van der Waals surface area contributed by atoms with Crippen LogP contribution in [0.2, 0.25) is 0 Å². The zero-order chi connectivity index (χ0) is 15.0. The van der Waals surface area contributed by atoms with Gasteiger partial charge in [0.2, 0.25) is 0 Å². The van der Waals surface area contributed by atoms with E-state index in [1.807, 2.05) is 6.07 Å². The molecule has 1 aromatic heterocycles.